The monoisotopic (exact) mass is 426 g/mol. The average molecular weight is 427 g/mol. The number of hydrogen-bond donors (Lipinski definition) is 3. The van der Waals surface area contributed by atoms with Crippen LogP contribution in [-0.2, 0) is 19.4 Å². The summed E-state index contributed by atoms with van der Waals surface area (Å²) in [4.78, 5) is 24.5. The molecule has 0 spiro atoms. The Labute approximate surface area is 171 Å². The van der Waals surface area contributed by atoms with Gasteiger partial charge in [0.2, 0.25) is 20.6 Å². The first-order valence-corrected chi connectivity index (χ1v) is 11.1. The molecule has 1 aliphatic heterocycles. The van der Waals surface area contributed by atoms with E-state index in [-0.39, 0.29) is 23.8 Å². The number of sulfone groups is 1. The fourth-order valence-electron chi connectivity index (χ4n) is 3.48. The minimum atomic E-state index is -4.19. The molecule has 1 fully saturated rings. The van der Waals surface area contributed by atoms with Gasteiger partial charge in [0.15, 0.2) is 0 Å². The lowest BCUT2D eigenvalue weighted by Crippen LogP contribution is -2.64. The van der Waals surface area contributed by atoms with Crippen molar-refractivity contribution in [2.45, 2.75) is 30.0 Å². The molecule has 2 amide bonds. The molecule has 1 atom stereocenters. The topological polar surface area (TPSA) is 131 Å². The molecule has 29 heavy (non-hydrogen) atoms. The molecule has 1 unspecified atom stereocenters. The van der Waals surface area contributed by atoms with Crippen molar-refractivity contribution in [3.05, 3.63) is 24.3 Å². The van der Waals surface area contributed by atoms with Crippen LogP contribution in [0.3, 0.4) is 0 Å². The van der Waals surface area contributed by atoms with E-state index in [0.29, 0.717) is 18.8 Å². The van der Waals surface area contributed by atoms with Crippen LogP contribution in [0.1, 0.15) is 20.3 Å². The van der Waals surface area contributed by atoms with Gasteiger partial charge in [-0.25, -0.2) is 8.42 Å². The summed E-state index contributed by atoms with van der Waals surface area (Å²) >= 11 is 0. The van der Waals surface area contributed by atoms with Crippen LogP contribution in [0.15, 0.2) is 29.2 Å². The van der Waals surface area contributed by atoms with E-state index in [1.54, 1.807) is 18.7 Å². The van der Waals surface area contributed by atoms with Gasteiger partial charge in [-0.1, -0.05) is 13.8 Å². The number of nitrogens with zero attached hydrogens (tertiary/aromatic N) is 1. The van der Waals surface area contributed by atoms with Crippen LogP contribution in [0.2, 0.25) is 0 Å². The summed E-state index contributed by atoms with van der Waals surface area (Å²) in [5.41, 5.74) is 5.60. The Bertz CT molecular complexity index is 820. The molecule has 0 bridgehead atoms. The lowest BCUT2D eigenvalue weighted by Gasteiger charge is -2.35. The summed E-state index contributed by atoms with van der Waals surface area (Å²) in [7, 11) is -2.71. The van der Waals surface area contributed by atoms with Crippen LogP contribution in [0.5, 0.6) is 5.75 Å². The second-order valence-corrected chi connectivity index (χ2v) is 9.36. The molecule has 9 nitrogen and oxygen atoms in total. The highest BCUT2D eigenvalue weighted by Gasteiger charge is 2.52. The highest BCUT2D eigenvalue weighted by molar-refractivity contribution is 7.93. The first-order valence-electron chi connectivity index (χ1n) is 9.59. The highest BCUT2D eigenvalue weighted by atomic mass is 32.2. The van der Waals surface area contributed by atoms with Gasteiger partial charge in [-0.2, -0.15) is 0 Å². The van der Waals surface area contributed by atoms with Crippen molar-refractivity contribution in [3.63, 3.8) is 0 Å². The van der Waals surface area contributed by atoms with Crippen LogP contribution in [0.4, 0.5) is 0 Å². The summed E-state index contributed by atoms with van der Waals surface area (Å²) in [5, 5.41) is 5.98. The third-order valence-electron chi connectivity index (χ3n) is 5.17. The first kappa shape index (κ1) is 23.1. The number of piperazine rings is 1. The minimum absolute atomic E-state index is 0.0132. The van der Waals surface area contributed by atoms with E-state index in [2.05, 4.69) is 10.6 Å². The molecule has 1 saturated heterocycles. The Morgan fingerprint density at radius 1 is 1.24 bits per heavy atom. The van der Waals surface area contributed by atoms with Crippen molar-refractivity contribution >= 4 is 21.7 Å². The molecule has 1 aliphatic rings. The SMILES string of the molecule is COc1ccc(S(=O)(=O)C(NCCC(=O)N2CCNCC2)(C(N)=O)C(C)C)cc1. The minimum Gasteiger partial charge on any atom is -0.497 e. The highest BCUT2D eigenvalue weighted by Crippen LogP contribution is 2.31. The lowest BCUT2D eigenvalue weighted by atomic mass is 10.0. The number of carbonyl (C=O) groups excluding carboxylic acids is 2. The maximum absolute atomic E-state index is 13.4. The molecule has 0 aliphatic carbocycles. The van der Waals surface area contributed by atoms with Crippen molar-refractivity contribution in [3.8, 4) is 5.75 Å². The fraction of sp³-hybridized carbons (Fsp3) is 0.579. The van der Waals surface area contributed by atoms with Gasteiger partial charge >= 0.3 is 0 Å². The number of nitrogens with one attached hydrogen (secondary N) is 2. The smallest absolute Gasteiger partial charge is 0.254 e. The van der Waals surface area contributed by atoms with Gasteiger partial charge in [0.1, 0.15) is 5.75 Å². The maximum Gasteiger partial charge on any atom is 0.254 e. The number of amides is 2. The first-order chi connectivity index (χ1) is 13.7. The number of nitrogens with two attached hydrogens (primary N) is 1. The summed E-state index contributed by atoms with van der Waals surface area (Å²) in [6.07, 6.45) is 0.0693. The van der Waals surface area contributed by atoms with Crippen LogP contribution in [0, 0.1) is 5.92 Å². The van der Waals surface area contributed by atoms with E-state index in [9.17, 15) is 18.0 Å². The van der Waals surface area contributed by atoms with Gasteiger partial charge in [-0.15, -0.1) is 0 Å². The molecule has 2 rings (SSSR count). The van der Waals surface area contributed by atoms with E-state index in [4.69, 9.17) is 10.5 Å². The maximum atomic E-state index is 13.4. The quantitative estimate of drug-likeness (QED) is 0.495. The zero-order valence-corrected chi connectivity index (χ0v) is 17.9. The second-order valence-electron chi connectivity index (χ2n) is 7.24. The van der Waals surface area contributed by atoms with Gasteiger partial charge < -0.3 is 20.7 Å². The van der Waals surface area contributed by atoms with Crippen molar-refractivity contribution in [2.24, 2.45) is 11.7 Å². The summed E-state index contributed by atoms with van der Waals surface area (Å²) < 4.78 is 31.9. The van der Waals surface area contributed by atoms with Gasteiger partial charge in [-0.05, 0) is 30.2 Å². The Balaban J connectivity index is 2.25. The Morgan fingerprint density at radius 2 is 1.83 bits per heavy atom. The molecular formula is C19H30N4O5S. The molecular weight excluding hydrogens is 396 g/mol. The Morgan fingerprint density at radius 3 is 2.31 bits per heavy atom. The van der Waals surface area contributed by atoms with E-state index < -0.39 is 26.5 Å². The molecule has 4 N–H and O–H groups in total. The molecule has 1 aromatic carbocycles. The van der Waals surface area contributed by atoms with E-state index in [1.165, 1.54) is 31.4 Å². The van der Waals surface area contributed by atoms with Gasteiger partial charge in [0.25, 0.3) is 5.91 Å². The number of hydrogen-bond acceptors (Lipinski definition) is 7. The van der Waals surface area contributed by atoms with Gasteiger partial charge in [-0.3, -0.25) is 14.9 Å². The summed E-state index contributed by atoms with van der Waals surface area (Å²) in [6, 6.07) is 5.77. The lowest BCUT2D eigenvalue weighted by molar-refractivity contribution is -0.132. The van der Waals surface area contributed by atoms with Crippen LogP contribution in [0.25, 0.3) is 0 Å². The largest absolute Gasteiger partial charge is 0.497 e. The van der Waals surface area contributed by atoms with E-state index in [1.807, 2.05) is 0 Å². The van der Waals surface area contributed by atoms with E-state index in [0.717, 1.165) is 13.1 Å². The second kappa shape index (κ2) is 9.55. The Hall–Kier alpha value is -2.17. The molecule has 162 valence electrons. The molecule has 0 aromatic heterocycles. The summed E-state index contributed by atoms with van der Waals surface area (Å²) in [5.74, 6) is -1.27. The fourth-order valence-corrected chi connectivity index (χ4v) is 5.53. The van der Waals surface area contributed by atoms with Crippen molar-refractivity contribution in [2.75, 3.05) is 39.8 Å². The number of ether oxygens (including phenoxy) is 1. The van der Waals surface area contributed by atoms with E-state index >= 15 is 0 Å². The number of primary amides is 1. The number of benzene rings is 1. The number of carbonyl (C=O) groups is 2. The number of methoxy groups -OCH3 is 1. The molecule has 1 aromatic rings. The van der Waals surface area contributed by atoms with Crippen molar-refractivity contribution < 1.29 is 22.7 Å². The third kappa shape index (κ3) is 4.71. The standard InChI is InChI=1S/C19H30N4O5S/c1-14(2)19(18(20)25,22-9-8-17(24)23-12-10-21-11-13-23)29(26,27)16-6-4-15(28-3)5-7-16/h4-7,14,21-22H,8-13H2,1-3H3,(H2,20,25). The molecule has 0 radical (unpaired) electrons. The van der Waals surface area contributed by atoms with Gasteiger partial charge in [0.05, 0.1) is 12.0 Å². The predicted molar refractivity (Wildman–Crippen MR) is 109 cm³/mol. The molecule has 0 saturated carbocycles. The molecule has 1 heterocycles. The average Bonchev–Trinajstić information content (AvgIpc) is 2.71. The van der Waals surface area contributed by atoms with Crippen molar-refractivity contribution in [1.29, 1.82) is 0 Å². The van der Waals surface area contributed by atoms with Crippen LogP contribution in [-0.4, -0.2) is 69.8 Å². The normalized spacial score (nSPS) is 17.0. The molecule has 10 heteroatoms. The third-order valence-corrected chi connectivity index (χ3v) is 7.73. The van der Waals surface area contributed by atoms with Crippen LogP contribution < -0.4 is 21.1 Å². The predicted octanol–water partition coefficient (Wildman–Crippen LogP) is -0.282. The zero-order chi connectivity index (χ0) is 21.7. The van der Waals surface area contributed by atoms with Crippen molar-refractivity contribution in [1.82, 2.24) is 15.5 Å². The van der Waals surface area contributed by atoms with Crippen LogP contribution >= 0.6 is 0 Å². The van der Waals surface area contributed by atoms with Gasteiger partial charge in [0, 0.05) is 39.1 Å². The zero-order valence-electron chi connectivity index (χ0n) is 17.1. The number of rotatable bonds is 9. The Kier molecular flexibility index (Phi) is 7.61. The summed E-state index contributed by atoms with van der Waals surface area (Å²) in [6.45, 7) is 5.89.